The smallest absolute Gasteiger partial charge is 0.0666 e. The van der Waals surface area contributed by atoms with Crippen molar-refractivity contribution in [1.82, 2.24) is 20.0 Å². The highest BCUT2D eigenvalue weighted by Crippen LogP contribution is 2.16. The van der Waals surface area contributed by atoms with Crippen LogP contribution in [0.4, 0.5) is 0 Å². The molecule has 4 heteroatoms. The van der Waals surface area contributed by atoms with Gasteiger partial charge in [0.1, 0.15) is 0 Å². The molecule has 1 aromatic heterocycles. The molecular weight excluding hydrogens is 224 g/mol. The van der Waals surface area contributed by atoms with Crippen molar-refractivity contribution in [3.8, 4) is 0 Å². The van der Waals surface area contributed by atoms with Crippen molar-refractivity contribution in [2.24, 2.45) is 7.05 Å². The van der Waals surface area contributed by atoms with Gasteiger partial charge in [0.15, 0.2) is 0 Å². The molecule has 1 saturated heterocycles. The lowest BCUT2D eigenvalue weighted by atomic mass is 10.2. The number of hydrogen-bond acceptors (Lipinski definition) is 3. The molecule has 1 aromatic rings. The first-order valence-corrected chi connectivity index (χ1v) is 7.20. The lowest BCUT2D eigenvalue weighted by molar-refractivity contribution is 0.260. The third-order valence-corrected chi connectivity index (χ3v) is 3.93. The first-order chi connectivity index (χ1) is 8.74. The van der Waals surface area contributed by atoms with Gasteiger partial charge in [-0.15, -0.1) is 0 Å². The molecule has 1 aliphatic rings. The Balaban J connectivity index is 1.81. The number of likely N-dealkylation sites (tertiary alicyclic amines) is 1. The molecule has 1 fully saturated rings. The Hall–Kier alpha value is -0.870. The maximum atomic E-state index is 4.48. The molecule has 0 bridgehead atoms. The van der Waals surface area contributed by atoms with E-state index in [1.54, 1.807) is 0 Å². The molecule has 1 atom stereocenters. The molecule has 1 aliphatic heterocycles. The quantitative estimate of drug-likeness (QED) is 0.831. The summed E-state index contributed by atoms with van der Waals surface area (Å²) in [4.78, 5) is 2.58. The molecule has 0 spiro atoms. The summed E-state index contributed by atoms with van der Waals surface area (Å²) in [6.45, 7) is 8.93. The Bertz CT molecular complexity index is 372. The van der Waals surface area contributed by atoms with Gasteiger partial charge >= 0.3 is 0 Å². The van der Waals surface area contributed by atoms with E-state index in [9.17, 15) is 0 Å². The van der Waals surface area contributed by atoms with Crippen LogP contribution in [0.15, 0.2) is 6.20 Å². The number of aromatic nitrogens is 2. The van der Waals surface area contributed by atoms with Gasteiger partial charge in [0.05, 0.1) is 5.69 Å². The van der Waals surface area contributed by atoms with Crippen LogP contribution < -0.4 is 5.32 Å². The summed E-state index contributed by atoms with van der Waals surface area (Å²) in [7, 11) is 2.00. The average Bonchev–Trinajstić information content (AvgIpc) is 2.95. The fourth-order valence-corrected chi connectivity index (χ4v) is 2.95. The maximum absolute atomic E-state index is 4.48. The summed E-state index contributed by atoms with van der Waals surface area (Å²) < 4.78 is 1.92. The number of rotatable bonds is 6. The summed E-state index contributed by atoms with van der Waals surface area (Å²) in [6.07, 6.45) is 5.85. The molecule has 0 aliphatic carbocycles. The van der Waals surface area contributed by atoms with Gasteiger partial charge in [-0.05, 0) is 32.4 Å². The van der Waals surface area contributed by atoms with E-state index in [0.29, 0.717) is 0 Å². The van der Waals surface area contributed by atoms with E-state index in [4.69, 9.17) is 0 Å². The molecule has 0 aromatic carbocycles. The summed E-state index contributed by atoms with van der Waals surface area (Å²) in [5.41, 5.74) is 2.57. The summed E-state index contributed by atoms with van der Waals surface area (Å²) in [5, 5.41) is 8.08. The monoisotopic (exact) mass is 250 g/mol. The molecular formula is C14H26N4. The third-order valence-electron chi connectivity index (χ3n) is 3.93. The van der Waals surface area contributed by atoms with E-state index in [2.05, 4.69) is 35.4 Å². The van der Waals surface area contributed by atoms with Crippen molar-refractivity contribution in [3.63, 3.8) is 0 Å². The molecule has 1 N–H and O–H groups in total. The highest BCUT2D eigenvalue weighted by molar-refractivity contribution is 5.16. The fraction of sp³-hybridized carbons (Fsp3) is 0.786. The molecule has 0 radical (unpaired) electrons. The zero-order valence-electron chi connectivity index (χ0n) is 11.9. The zero-order chi connectivity index (χ0) is 13.0. The second kappa shape index (κ2) is 6.34. The van der Waals surface area contributed by atoms with Crippen LogP contribution in [0.1, 0.15) is 37.9 Å². The predicted octanol–water partition coefficient (Wildman–Crippen LogP) is 1.56. The van der Waals surface area contributed by atoms with Gasteiger partial charge < -0.3 is 5.32 Å². The van der Waals surface area contributed by atoms with Crippen LogP contribution in [0, 0.1) is 0 Å². The standard InChI is InChI=1S/C14H26N4/c1-4-14-12(11-17(3)16-14)9-15-10-13-7-6-8-18(13)5-2/h11,13,15H,4-10H2,1-3H3. The molecule has 1 unspecified atom stereocenters. The van der Waals surface area contributed by atoms with Crippen molar-refractivity contribution in [3.05, 3.63) is 17.5 Å². The molecule has 0 amide bonds. The van der Waals surface area contributed by atoms with Gasteiger partial charge in [-0.3, -0.25) is 9.58 Å². The van der Waals surface area contributed by atoms with Crippen LogP contribution in [0.2, 0.25) is 0 Å². The number of nitrogens with one attached hydrogen (secondary N) is 1. The van der Waals surface area contributed by atoms with Crippen molar-refractivity contribution in [2.75, 3.05) is 19.6 Å². The van der Waals surface area contributed by atoms with Gasteiger partial charge in [-0.2, -0.15) is 5.10 Å². The molecule has 18 heavy (non-hydrogen) atoms. The highest BCUT2D eigenvalue weighted by atomic mass is 15.3. The fourth-order valence-electron chi connectivity index (χ4n) is 2.95. The molecule has 2 heterocycles. The topological polar surface area (TPSA) is 33.1 Å². The predicted molar refractivity (Wildman–Crippen MR) is 74.6 cm³/mol. The lowest BCUT2D eigenvalue weighted by Crippen LogP contribution is -2.37. The Morgan fingerprint density at radius 3 is 3.00 bits per heavy atom. The van der Waals surface area contributed by atoms with Crippen LogP contribution >= 0.6 is 0 Å². The minimum Gasteiger partial charge on any atom is -0.311 e. The van der Waals surface area contributed by atoms with Crippen molar-refractivity contribution < 1.29 is 0 Å². The first kappa shape index (κ1) is 13.6. The SMILES string of the molecule is CCc1nn(C)cc1CNCC1CCCN1CC. The number of nitrogens with zero attached hydrogens (tertiary/aromatic N) is 3. The van der Waals surface area contributed by atoms with Crippen LogP contribution in [0.3, 0.4) is 0 Å². The molecule has 0 saturated carbocycles. The second-order valence-electron chi connectivity index (χ2n) is 5.18. The molecule has 2 rings (SSSR count). The summed E-state index contributed by atoms with van der Waals surface area (Å²) >= 11 is 0. The number of hydrogen-bond donors (Lipinski definition) is 1. The Labute approximate surface area is 110 Å². The van der Waals surface area contributed by atoms with Crippen molar-refractivity contribution in [2.45, 2.75) is 45.7 Å². The number of likely N-dealkylation sites (N-methyl/N-ethyl adjacent to an activating group) is 1. The van der Waals surface area contributed by atoms with E-state index >= 15 is 0 Å². The van der Waals surface area contributed by atoms with Crippen molar-refractivity contribution in [1.29, 1.82) is 0 Å². The van der Waals surface area contributed by atoms with Gasteiger partial charge in [0.25, 0.3) is 0 Å². The van der Waals surface area contributed by atoms with Crippen LogP contribution in [0.5, 0.6) is 0 Å². The zero-order valence-corrected chi connectivity index (χ0v) is 11.9. The Kier molecular flexibility index (Phi) is 4.78. The lowest BCUT2D eigenvalue weighted by Gasteiger charge is -2.22. The minimum atomic E-state index is 0.733. The Morgan fingerprint density at radius 1 is 1.44 bits per heavy atom. The summed E-state index contributed by atoms with van der Waals surface area (Å²) in [6, 6.07) is 0.733. The average molecular weight is 250 g/mol. The van der Waals surface area contributed by atoms with E-state index in [1.165, 1.54) is 37.2 Å². The third kappa shape index (κ3) is 3.12. The van der Waals surface area contributed by atoms with E-state index in [1.807, 2.05) is 11.7 Å². The van der Waals surface area contributed by atoms with Crippen LogP contribution in [0.25, 0.3) is 0 Å². The van der Waals surface area contributed by atoms with Crippen LogP contribution in [-0.2, 0) is 20.0 Å². The minimum absolute atomic E-state index is 0.733. The molecule has 102 valence electrons. The van der Waals surface area contributed by atoms with E-state index in [-0.39, 0.29) is 0 Å². The normalized spacial score (nSPS) is 20.7. The highest BCUT2D eigenvalue weighted by Gasteiger charge is 2.22. The molecule has 4 nitrogen and oxygen atoms in total. The Morgan fingerprint density at radius 2 is 2.28 bits per heavy atom. The number of aryl methyl sites for hydroxylation is 2. The van der Waals surface area contributed by atoms with E-state index in [0.717, 1.165) is 25.6 Å². The van der Waals surface area contributed by atoms with Gasteiger partial charge in [0.2, 0.25) is 0 Å². The van der Waals surface area contributed by atoms with Gasteiger partial charge in [-0.1, -0.05) is 13.8 Å². The second-order valence-corrected chi connectivity index (χ2v) is 5.18. The van der Waals surface area contributed by atoms with E-state index < -0.39 is 0 Å². The first-order valence-electron chi connectivity index (χ1n) is 7.20. The van der Waals surface area contributed by atoms with Crippen LogP contribution in [-0.4, -0.2) is 40.4 Å². The maximum Gasteiger partial charge on any atom is 0.0666 e. The van der Waals surface area contributed by atoms with Gasteiger partial charge in [-0.25, -0.2) is 0 Å². The largest absolute Gasteiger partial charge is 0.311 e. The van der Waals surface area contributed by atoms with Crippen molar-refractivity contribution >= 4 is 0 Å². The van der Waals surface area contributed by atoms with Gasteiger partial charge in [0, 0.05) is 37.9 Å². The summed E-state index contributed by atoms with van der Waals surface area (Å²) in [5.74, 6) is 0.